The van der Waals surface area contributed by atoms with Gasteiger partial charge in [-0.15, -0.1) is 10.2 Å². The van der Waals surface area contributed by atoms with E-state index in [4.69, 9.17) is 0 Å². The first kappa shape index (κ1) is 22.8. The summed E-state index contributed by atoms with van der Waals surface area (Å²) in [7, 11) is 0. The zero-order valence-corrected chi connectivity index (χ0v) is 18.9. The molecular formula is C26H22F3N5O. The Morgan fingerprint density at radius 2 is 1.69 bits per heavy atom. The molecule has 5 rings (SSSR count). The van der Waals surface area contributed by atoms with Crippen LogP contribution in [0.4, 0.5) is 19.0 Å². The molecule has 1 aliphatic rings. The third-order valence-electron chi connectivity index (χ3n) is 6.21. The fraction of sp³-hybridized carbons (Fsp3) is 0.231. The van der Waals surface area contributed by atoms with Gasteiger partial charge in [0.05, 0.1) is 5.56 Å². The smallest absolute Gasteiger partial charge is 0.348 e. The maximum absolute atomic E-state index is 13.0. The molecule has 2 aromatic heterocycles. The van der Waals surface area contributed by atoms with Crippen LogP contribution in [0, 0.1) is 0 Å². The zero-order chi connectivity index (χ0) is 24.6. The molecule has 0 unspecified atom stereocenters. The third kappa shape index (κ3) is 4.41. The van der Waals surface area contributed by atoms with E-state index in [1.807, 2.05) is 48.2 Å². The summed E-state index contributed by atoms with van der Waals surface area (Å²) in [5, 5.41) is 9.59. The van der Waals surface area contributed by atoms with Crippen molar-refractivity contribution in [2.24, 2.45) is 0 Å². The quantitative estimate of drug-likeness (QED) is 0.413. The zero-order valence-electron chi connectivity index (χ0n) is 18.9. The Morgan fingerprint density at radius 1 is 0.943 bits per heavy atom. The molecule has 6 nitrogen and oxygen atoms in total. The number of hydrogen-bond donors (Lipinski definition) is 0. The Morgan fingerprint density at radius 3 is 2.37 bits per heavy atom. The van der Waals surface area contributed by atoms with Crippen LogP contribution in [0.2, 0.25) is 0 Å². The number of benzene rings is 2. The summed E-state index contributed by atoms with van der Waals surface area (Å²) in [5.74, 6) is 0.635. The van der Waals surface area contributed by atoms with E-state index >= 15 is 0 Å². The van der Waals surface area contributed by atoms with E-state index in [9.17, 15) is 18.0 Å². The van der Waals surface area contributed by atoms with E-state index in [0.717, 1.165) is 17.5 Å². The number of carbonyl (C=O) groups excluding carboxylic acids is 1. The van der Waals surface area contributed by atoms with Crippen molar-refractivity contribution in [1.29, 1.82) is 0 Å². The lowest BCUT2D eigenvalue weighted by atomic mass is 10.1. The van der Waals surface area contributed by atoms with Gasteiger partial charge >= 0.3 is 6.18 Å². The highest BCUT2D eigenvalue weighted by Crippen LogP contribution is 2.34. The van der Waals surface area contributed by atoms with Crippen molar-refractivity contribution in [3.8, 4) is 11.3 Å². The number of anilines is 1. The van der Waals surface area contributed by atoms with E-state index < -0.39 is 11.7 Å². The molecule has 1 amide bonds. The number of halogens is 3. The molecule has 1 saturated heterocycles. The highest BCUT2D eigenvalue weighted by molar-refractivity contribution is 5.98. The van der Waals surface area contributed by atoms with Gasteiger partial charge in [0.15, 0.2) is 5.82 Å². The molecule has 1 fully saturated rings. The lowest BCUT2D eigenvalue weighted by Crippen LogP contribution is -2.54. The minimum atomic E-state index is -4.41. The molecule has 9 heteroatoms. The lowest BCUT2D eigenvalue weighted by Gasteiger charge is -2.40. The topological polar surface area (TPSA) is 62.2 Å². The van der Waals surface area contributed by atoms with Crippen LogP contribution in [0.25, 0.3) is 22.2 Å². The first-order chi connectivity index (χ1) is 16.8. The van der Waals surface area contributed by atoms with Gasteiger partial charge in [0.25, 0.3) is 5.91 Å². The number of piperazine rings is 1. The fourth-order valence-electron chi connectivity index (χ4n) is 4.42. The maximum atomic E-state index is 13.0. The average molecular weight is 477 g/mol. The summed E-state index contributed by atoms with van der Waals surface area (Å²) in [4.78, 5) is 21.3. The number of nitrogens with zero attached hydrogens (tertiary/aromatic N) is 5. The molecule has 2 aromatic carbocycles. The first-order valence-electron chi connectivity index (χ1n) is 11.2. The van der Waals surface area contributed by atoms with Gasteiger partial charge in [-0.05, 0) is 43.3 Å². The number of alkyl halides is 3. The Kier molecular flexibility index (Phi) is 5.84. The number of aromatic nitrogens is 3. The van der Waals surface area contributed by atoms with E-state index in [-0.39, 0.29) is 11.9 Å². The van der Waals surface area contributed by atoms with E-state index in [1.165, 1.54) is 12.1 Å². The Bertz CT molecular complexity index is 1360. The number of carbonyl (C=O) groups is 1. The molecule has 1 aliphatic heterocycles. The van der Waals surface area contributed by atoms with Crippen molar-refractivity contribution in [3.05, 3.63) is 84.1 Å². The Hall–Kier alpha value is -4.01. The second-order valence-electron chi connectivity index (χ2n) is 8.51. The predicted molar refractivity (Wildman–Crippen MR) is 127 cm³/mol. The second kappa shape index (κ2) is 8.98. The van der Waals surface area contributed by atoms with Gasteiger partial charge in [0.2, 0.25) is 0 Å². The Labute approximate surface area is 200 Å². The summed E-state index contributed by atoms with van der Waals surface area (Å²) in [6, 6.07) is 17.7. The number of amides is 1. The predicted octanol–water partition coefficient (Wildman–Crippen LogP) is 5.06. The van der Waals surface area contributed by atoms with Gasteiger partial charge in [0.1, 0.15) is 11.2 Å². The summed E-state index contributed by atoms with van der Waals surface area (Å²) < 4.78 is 38.9. The molecule has 0 N–H and O–H groups in total. The molecule has 0 saturated carbocycles. The van der Waals surface area contributed by atoms with Crippen LogP contribution in [-0.2, 0) is 6.18 Å². The summed E-state index contributed by atoms with van der Waals surface area (Å²) in [6.45, 7) is 3.65. The van der Waals surface area contributed by atoms with Crippen LogP contribution in [0.15, 0.2) is 72.9 Å². The van der Waals surface area contributed by atoms with Crippen LogP contribution >= 0.6 is 0 Å². The van der Waals surface area contributed by atoms with E-state index in [2.05, 4.69) is 20.1 Å². The SMILES string of the molecule is C[C@@H]1CN(C(=O)c2ccccc2)CCN1c1nnc(-c2ccc(C(F)(F)F)cc2)c2ncccc12. The van der Waals surface area contributed by atoms with Crippen molar-refractivity contribution in [2.45, 2.75) is 19.1 Å². The minimum absolute atomic E-state index is 0.00707. The van der Waals surface area contributed by atoms with Crippen molar-refractivity contribution in [2.75, 3.05) is 24.5 Å². The molecule has 4 aromatic rings. The van der Waals surface area contributed by atoms with Gasteiger partial charge in [-0.2, -0.15) is 13.2 Å². The molecular weight excluding hydrogens is 455 g/mol. The van der Waals surface area contributed by atoms with Crippen LogP contribution in [-0.4, -0.2) is 51.7 Å². The lowest BCUT2D eigenvalue weighted by molar-refractivity contribution is -0.137. The highest BCUT2D eigenvalue weighted by Gasteiger charge is 2.31. The third-order valence-corrected chi connectivity index (χ3v) is 6.21. The van der Waals surface area contributed by atoms with Crippen LogP contribution < -0.4 is 4.90 Å². The molecule has 0 radical (unpaired) electrons. The fourth-order valence-corrected chi connectivity index (χ4v) is 4.42. The summed E-state index contributed by atoms with van der Waals surface area (Å²) in [5.41, 5.74) is 1.42. The summed E-state index contributed by atoms with van der Waals surface area (Å²) in [6.07, 6.45) is -2.78. The van der Waals surface area contributed by atoms with Gasteiger partial charge < -0.3 is 9.80 Å². The molecule has 0 spiro atoms. The molecule has 1 atom stereocenters. The maximum Gasteiger partial charge on any atom is 0.416 e. The van der Waals surface area contributed by atoms with E-state index in [1.54, 1.807) is 12.3 Å². The molecule has 3 heterocycles. The van der Waals surface area contributed by atoms with E-state index in [0.29, 0.717) is 47.8 Å². The van der Waals surface area contributed by atoms with Gasteiger partial charge in [-0.25, -0.2) is 0 Å². The first-order valence-corrected chi connectivity index (χ1v) is 11.2. The van der Waals surface area contributed by atoms with Gasteiger partial charge in [-0.1, -0.05) is 30.3 Å². The van der Waals surface area contributed by atoms with Crippen molar-refractivity contribution in [3.63, 3.8) is 0 Å². The van der Waals surface area contributed by atoms with Crippen LogP contribution in [0.3, 0.4) is 0 Å². The minimum Gasteiger partial charge on any atom is -0.348 e. The van der Waals surface area contributed by atoms with Crippen molar-refractivity contribution in [1.82, 2.24) is 20.1 Å². The Balaban J connectivity index is 1.44. The molecule has 35 heavy (non-hydrogen) atoms. The van der Waals surface area contributed by atoms with Crippen LogP contribution in [0.5, 0.6) is 0 Å². The van der Waals surface area contributed by atoms with Gasteiger partial charge in [0, 0.05) is 48.4 Å². The largest absolute Gasteiger partial charge is 0.416 e. The standard InChI is InChI=1S/C26H22F3N5O/c1-17-16-33(25(35)19-6-3-2-4-7-19)14-15-34(17)24-21-8-5-13-30-23(21)22(31-32-24)18-9-11-20(12-10-18)26(27,28)29/h2-13,17H,14-16H2,1H3/t17-/m1/s1. The van der Waals surface area contributed by atoms with Crippen molar-refractivity contribution < 1.29 is 18.0 Å². The molecule has 0 aliphatic carbocycles. The number of rotatable bonds is 3. The summed E-state index contributed by atoms with van der Waals surface area (Å²) >= 11 is 0. The number of hydrogen-bond acceptors (Lipinski definition) is 5. The normalized spacial score (nSPS) is 16.5. The molecule has 178 valence electrons. The number of fused-ring (bicyclic) bond motifs is 1. The highest BCUT2D eigenvalue weighted by atomic mass is 19.4. The monoisotopic (exact) mass is 477 g/mol. The number of pyridine rings is 1. The van der Waals surface area contributed by atoms with Crippen molar-refractivity contribution >= 4 is 22.6 Å². The second-order valence-corrected chi connectivity index (χ2v) is 8.51. The average Bonchev–Trinajstić information content (AvgIpc) is 2.88. The van der Waals surface area contributed by atoms with Crippen LogP contribution in [0.1, 0.15) is 22.8 Å². The van der Waals surface area contributed by atoms with Gasteiger partial charge in [-0.3, -0.25) is 9.78 Å². The molecule has 0 bridgehead atoms.